The molecule has 0 aliphatic carbocycles. The van der Waals surface area contributed by atoms with Crippen LogP contribution in [-0.4, -0.2) is 28.8 Å². The van der Waals surface area contributed by atoms with Crippen LogP contribution in [-0.2, 0) is 21.2 Å². The van der Waals surface area contributed by atoms with E-state index in [1.807, 2.05) is 6.07 Å². The Kier molecular flexibility index (Phi) is 4.08. The van der Waals surface area contributed by atoms with Crippen molar-refractivity contribution in [1.82, 2.24) is 9.29 Å². The molecule has 0 bridgehead atoms. The summed E-state index contributed by atoms with van der Waals surface area (Å²) in [6, 6.07) is 15.3. The normalized spacial score (nSPS) is 17.6. The molecule has 1 aliphatic rings. The molecule has 4 rings (SSSR count). The molecule has 6 nitrogen and oxygen atoms in total. The first kappa shape index (κ1) is 16.9. The van der Waals surface area contributed by atoms with Crippen molar-refractivity contribution in [3.63, 3.8) is 0 Å². The second kappa shape index (κ2) is 6.30. The summed E-state index contributed by atoms with van der Waals surface area (Å²) in [4.78, 5) is 23.4. The molecular weight excluding hydrogens is 372 g/mol. The molecule has 1 aromatic heterocycles. The Hall–Kier alpha value is -2.58. The van der Waals surface area contributed by atoms with Crippen molar-refractivity contribution in [3.05, 3.63) is 66.4 Å². The summed E-state index contributed by atoms with van der Waals surface area (Å²) < 4.78 is 27.1. The molecule has 1 N–H and O–H groups in total. The van der Waals surface area contributed by atoms with Gasteiger partial charge in [0, 0.05) is 11.6 Å². The fraction of sp³-hybridized carbons (Fsp3) is 0.111. The zero-order valence-electron chi connectivity index (χ0n) is 13.5. The number of carbonyl (C=O) groups excluding carboxylic acids is 2. The molecule has 0 radical (unpaired) electrons. The van der Waals surface area contributed by atoms with Gasteiger partial charge in [-0.05, 0) is 36.2 Å². The number of nitrogens with zero attached hydrogens (tertiary/aromatic N) is 1. The molecule has 26 heavy (non-hydrogen) atoms. The second-order valence-electron chi connectivity index (χ2n) is 5.87. The van der Waals surface area contributed by atoms with Gasteiger partial charge < -0.3 is 0 Å². The molecule has 1 fully saturated rings. The SMILES string of the molecule is O=C1NC(=O)C(Cc2cccc3c2ccn3S(=O)(=O)c2ccccc2)S1. The van der Waals surface area contributed by atoms with Gasteiger partial charge in [-0.2, -0.15) is 0 Å². The van der Waals surface area contributed by atoms with Crippen LogP contribution < -0.4 is 5.32 Å². The van der Waals surface area contributed by atoms with Crippen LogP contribution in [0, 0.1) is 0 Å². The molecular formula is C18H14N2O4S2. The Labute approximate surface area is 154 Å². The molecule has 132 valence electrons. The Balaban J connectivity index is 1.76. The molecule has 2 amide bonds. The van der Waals surface area contributed by atoms with Gasteiger partial charge in [0.2, 0.25) is 5.91 Å². The highest BCUT2D eigenvalue weighted by Crippen LogP contribution is 2.29. The molecule has 1 unspecified atom stereocenters. The number of thioether (sulfide) groups is 1. The van der Waals surface area contributed by atoms with Gasteiger partial charge in [-0.3, -0.25) is 14.9 Å². The van der Waals surface area contributed by atoms with Gasteiger partial charge in [-0.1, -0.05) is 42.1 Å². The van der Waals surface area contributed by atoms with Crippen LogP contribution in [0.25, 0.3) is 10.9 Å². The first-order valence-corrected chi connectivity index (χ1v) is 10.2. The highest BCUT2D eigenvalue weighted by Gasteiger charge is 2.32. The zero-order chi connectivity index (χ0) is 18.3. The van der Waals surface area contributed by atoms with Crippen molar-refractivity contribution in [2.45, 2.75) is 16.6 Å². The van der Waals surface area contributed by atoms with Crippen molar-refractivity contribution in [2.24, 2.45) is 0 Å². The van der Waals surface area contributed by atoms with Crippen LogP contribution in [0.15, 0.2) is 65.7 Å². The van der Waals surface area contributed by atoms with Gasteiger partial charge in [0.15, 0.2) is 0 Å². The number of nitrogens with one attached hydrogen (secondary N) is 1. The average Bonchev–Trinajstić information content (AvgIpc) is 3.20. The predicted molar refractivity (Wildman–Crippen MR) is 99.6 cm³/mol. The van der Waals surface area contributed by atoms with Gasteiger partial charge in [0.25, 0.3) is 15.3 Å². The summed E-state index contributed by atoms with van der Waals surface area (Å²) in [6.07, 6.45) is 1.87. The molecule has 0 spiro atoms. The van der Waals surface area contributed by atoms with Crippen LogP contribution in [0.3, 0.4) is 0 Å². The monoisotopic (exact) mass is 386 g/mol. The third kappa shape index (κ3) is 2.81. The summed E-state index contributed by atoms with van der Waals surface area (Å²) in [5.74, 6) is -0.312. The first-order valence-electron chi connectivity index (χ1n) is 7.88. The van der Waals surface area contributed by atoms with Crippen LogP contribution >= 0.6 is 11.8 Å². The van der Waals surface area contributed by atoms with E-state index >= 15 is 0 Å². The van der Waals surface area contributed by atoms with Crippen molar-refractivity contribution in [3.8, 4) is 0 Å². The summed E-state index contributed by atoms with van der Waals surface area (Å²) in [5.41, 5.74) is 1.37. The number of carbonyl (C=O) groups is 2. The van der Waals surface area contributed by atoms with Crippen LogP contribution in [0.1, 0.15) is 5.56 Å². The largest absolute Gasteiger partial charge is 0.286 e. The number of rotatable bonds is 4. The van der Waals surface area contributed by atoms with E-state index in [9.17, 15) is 18.0 Å². The number of benzene rings is 2. The number of aromatic nitrogens is 1. The molecule has 1 aliphatic heterocycles. The standard InChI is InChI=1S/C18H14N2O4S2/c21-17-16(25-18(22)19-17)11-12-5-4-8-15-14(12)9-10-20(15)26(23,24)13-6-2-1-3-7-13/h1-10,16H,11H2,(H,19,21,22). The third-order valence-electron chi connectivity index (χ3n) is 4.26. The predicted octanol–water partition coefficient (Wildman–Crippen LogP) is 2.77. The fourth-order valence-electron chi connectivity index (χ4n) is 3.03. The maximum Gasteiger partial charge on any atom is 0.286 e. The Morgan fingerprint density at radius 3 is 2.46 bits per heavy atom. The van der Waals surface area contributed by atoms with Crippen LogP contribution in [0.2, 0.25) is 0 Å². The van der Waals surface area contributed by atoms with Crippen molar-refractivity contribution < 1.29 is 18.0 Å². The van der Waals surface area contributed by atoms with Gasteiger partial charge >= 0.3 is 0 Å². The van der Waals surface area contributed by atoms with Gasteiger partial charge in [-0.25, -0.2) is 12.4 Å². The summed E-state index contributed by atoms with van der Waals surface area (Å²) >= 11 is 0.962. The maximum atomic E-state index is 12.9. The number of hydrogen-bond acceptors (Lipinski definition) is 5. The van der Waals surface area contributed by atoms with E-state index in [-0.39, 0.29) is 16.0 Å². The molecule has 0 saturated carbocycles. The van der Waals surface area contributed by atoms with Gasteiger partial charge in [-0.15, -0.1) is 0 Å². The van der Waals surface area contributed by atoms with E-state index < -0.39 is 15.3 Å². The van der Waals surface area contributed by atoms with E-state index in [0.717, 1.165) is 22.7 Å². The minimum atomic E-state index is -3.71. The lowest BCUT2D eigenvalue weighted by molar-refractivity contribution is -0.118. The number of amides is 2. The van der Waals surface area contributed by atoms with E-state index in [2.05, 4.69) is 5.32 Å². The summed E-state index contributed by atoms with van der Waals surface area (Å²) in [5, 5.41) is 2.17. The van der Waals surface area contributed by atoms with Crippen LogP contribution in [0.5, 0.6) is 0 Å². The van der Waals surface area contributed by atoms with Crippen LogP contribution in [0.4, 0.5) is 4.79 Å². The minimum Gasteiger partial charge on any atom is -0.286 e. The smallest absolute Gasteiger partial charge is 0.286 e. The Morgan fingerprint density at radius 2 is 1.77 bits per heavy atom. The zero-order valence-corrected chi connectivity index (χ0v) is 15.1. The second-order valence-corrected chi connectivity index (χ2v) is 8.86. The summed E-state index contributed by atoms with van der Waals surface area (Å²) in [6.45, 7) is 0. The fourth-order valence-corrected chi connectivity index (χ4v) is 5.24. The maximum absolute atomic E-state index is 12.9. The van der Waals surface area contributed by atoms with E-state index in [1.54, 1.807) is 48.5 Å². The lowest BCUT2D eigenvalue weighted by Gasteiger charge is -2.10. The number of fused-ring (bicyclic) bond motifs is 1. The molecule has 2 heterocycles. The molecule has 1 atom stereocenters. The quantitative estimate of drug-likeness (QED) is 0.745. The van der Waals surface area contributed by atoms with Crippen molar-refractivity contribution >= 4 is 43.8 Å². The minimum absolute atomic E-state index is 0.208. The lowest BCUT2D eigenvalue weighted by Crippen LogP contribution is -2.25. The average molecular weight is 386 g/mol. The van der Waals surface area contributed by atoms with E-state index in [4.69, 9.17) is 0 Å². The van der Waals surface area contributed by atoms with E-state index in [1.165, 1.54) is 10.2 Å². The summed E-state index contributed by atoms with van der Waals surface area (Å²) in [7, 11) is -3.71. The highest BCUT2D eigenvalue weighted by molar-refractivity contribution is 8.15. The number of imide groups is 1. The molecule has 2 aromatic carbocycles. The Morgan fingerprint density at radius 1 is 1.00 bits per heavy atom. The molecule has 1 saturated heterocycles. The third-order valence-corrected chi connectivity index (χ3v) is 6.95. The van der Waals surface area contributed by atoms with Crippen molar-refractivity contribution in [2.75, 3.05) is 0 Å². The highest BCUT2D eigenvalue weighted by atomic mass is 32.2. The Bertz CT molecular complexity index is 1120. The van der Waals surface area contributed by atoms with Gasteiger partial charge in [0.1, 0.15) is 0 Å². The lowest BCUT2D eigenvalue weighted by atomic mass is 10.0. The molecule has 3 aromatic rings. The first-order chi connectivity index (χ1) is 12.5. The van der Waals surface area contributed by atoms with Gasteiger partial charge in [0.05, 0.1) is 15.7 Å². The molecule has 8 heteroatoms. The number of hydrogen-bond donors (Lipinski definition) is 1. The van der Waals surface area contributed by atoms with Crippen molar-refractivity contribution in [1.29, 1.82) is 0 Å². The topological polar surface area (TPSA) is 85.2 Å². The van der Waals surface area contributed by atoms with E-state index in [0.29, 0.717) is 11.9 Å².